The average molecular weight is 283 g/mol. The van der Waals surface area contributed by atoms with Gasteiger partial charge in [-0.3, -0.25) is 10.1 Å². The molecule has 0 atom stereocenters. The van der Waals surface area contributed by atoms with E-state index >= 15 is 0 Å². The molecule has 0 aliphatic carbocycles. The van der Waals surface area contributed by atoms with Crippen LogP contribution in [0.3, 0.4) is 0 Å². The molecule has 0 saturated carbocycles. The lowest BCUT2D eigenvalue weighted by Gasteiger charge is -2.09. The number of carbonyl (C=O) groups excluding carboxylic acids is 1. The molecule has 106 valence electrons. The van der Waals surface area contributed by atoms with Crippen LogP contribution in [0.1, 0.15) is 16.1 Å². The third kappa shape index (κ3) is 2.41. The zero-order chi connectivity index (χ0) is 14.8. The van der Waals surface area contributed by atoms with Crippen molar-refractivity contribution in [2.75, 3.05) is 10.7 Å². The van der Waals surface area contributed by atoms with E-state index in [1.54, 1.807) is 6.92 Å². The predicted molar refractivity (Wildman–Crippen MR) is 78.7 cm³/mol. The fourth-order valence-corrected chi connectivity index (χ4v) is 2.06. The number of carbonyl (C=O) groups is 1. The zero-order valence-electron chi connectivity index (χ0n) is 11.3. The van der Waals surface area contributed by atoms with Crippen LogP contribution in [0.2, 0.25) is 0 Å². The molecule has 2 heterocycles. The van der Waals surface area contributed by atoms with E-state index in [0.717, 1.165) is 10.8 Å². The number of nitrogens with one attached hydrogen (secondary N) is 2. The van der Waals surface area contributed by atoms with Crippen molar-refractivity contribution in [3.05, 3.63) is 48.0 Å². The molecule has 4 N–H and O–H groups in total. The molecule has 0 radical (unpaired) electrons. The predicted octanol–water partition coefficient (Wildman–Crippen LogP) is 2.07. The van der Waals surface area contributed by atoms with Gasteiger partial charge in [0.25, 0.3) is 5.91 Å². The number of hydrogen-bond acceptors (Lipinski definition) is 6. The number of aromatic nitrogens is 2. The Morgan fingerprint density at radius 3 is 2.71 bits per heavy atom. The molecule has 1 aromatic carbocycles. The fraction of sp³-hybridized carbons (Fsp3) is 0.0714. The molecular weight excluding hydrogens is 270 g/mol. The molecule has 0 aliphatic rings. The Hall–Kier alpha value is -2.93. The van der Waals surface area contributed by atoms with Crippen LogP contribution in [0.25, 0.3) is 10.8 Å². The molecule has 3 aromatic rings. The second-order valence-electron chi connectivity index (χ2n) is 4.46. The van der Waals surface area contributed by atoms with Gasteiger partial charge in [-0.15, -0.1) is 0 Å². The third-order valence-corrected chi connectivity index (χ3v) is 3.02. The summed E-state index contributed by atoms with van der Waals surface area (Å²) < 4.78 is 5.12. The summed E-state index contributed by atoms with van der Waals surface area (Å²) in [6.07, 6.45) is 2.93. The molecular formula is C14H13N5O2. The van der Waals surface area contributed by atoms with E-state index in [1.807, 2.05) is 24.3 Å². The molecule has 0 saturated heterocycles. The minimum atomic E-state index is -0.343. The molecule has 1 amide bonds. The van der Waals surface area contributed by atoms with E-state index in [-0.39, 0.29) is 11.9 Å². The highest BCUT2D eigenvalue weighted by Crippen LogP contribution is 2.24. The van der Waals surface area contributed by atoms with E-state index in [0.29, 0.717) is 17.1 Å². The number of hydrogen-bond donors (Lipinski definition) is 3. The summed E-state index contributed by atoms with van der Waals surface area (Å²) >= 11 is 0. The van der Waals surface area contributed by atoms with Crippen molar-refractivity contribution in [2.45, 2.75) is 6.92 Å². The average Bonchev–Trinajstić information content (AvgIpc) is 2.91. The Morgan fingerprint density at radius 2 is 2.05 bits per heavy atom. The quantitative estimate of drug-likeness (QED) is 0.502. The first-order valence-corrected chi connectivity index (χ1v) is 6.27. The van der Waals surface area contributed by atoms with E-state index in [4.69, 9.17) is 10.3 Å². The second-order valence-corrected chi connectivity index (χ2v) is 4.46. The summed E-state index contributed by atoms with van der Waals surface area (Å²) in [5.41, 5.74) is 3.62. The molecule has 7 nitrogen and oxygen atoms in total. The number of nitrogen functional groups attached to an aromatic ring is 1. The maximum atomic E-state index is 12.3. The van der Waals surface area contributed by atoms with Gasteiger partial charge in [0.2, 0.25) is 0 Å². The van der Waals surface area contributed by atoms with Crippen LogP contribution in [-0.2, 0) is 0 Å². The van der Waals surface area contributed by atoms with Gasteiger partial charge >= 0.3 is 6.01 Å². The van der Waals surface area contributed by atoms with E-state index in [2.05, 4.69) is 20.7 Å². The Labute approximate surface area is 120 Å². The second kappa shape index (κ2) is 5.22. The molecule has 0 spiro atoms. The van der Waals surface area contributed by atoms with Crippen molar-refractivity contribution in [3.8, 4) is 0 Å². The molecule has 0 unspecified atom stereocenters. The van der Waals surface area contributed by atoms with Crippen molar-refractivity contribution in [1.82, 2.24) is 9.97 Å². The maximum absolute atomic E-state index is 12.3. The minimum Gasteiger partial charge on any atom is -0.432 e. The monoisotopic (exact) mass is 283 g/mol. The summed E-state index contributed by atoms with van der Waals surface area (Å²) in [4.78, 5) is 20.5. The Kier molecular flexibility index (Phi) is 3.25. The van der Waals surface area contributed by atoms with E-state index in [9.17, 15) is 4.79 Å². The van der Waals surface area contributed by atoms with Gasteiger partial charge in [0.05, 0.1) is 11.3 Å². The van der Waals surface area contributed by atoms with Crippen LogP contribution < -0.4 is 16.6 Å². The smallest absolute Gasteiger partial charge is 0.301 e. The van der Waals surface area contributed by atoms with Gasteiger partial charge in [0.1, 0.15) is 12.1 Å². The van der Waals surface area contributed by atoms with Gasteiger partial charge in [-0.2, -0.15) is 4.98 Å². The molecule has 0 fully saturated rings. The fourth-order valence-electron chi connectivity index (χ4n) is 2.06. The number of nitrogens with two attached hydrogens (primary N) is 1. The van der Waals surface area contributed by atoms with Gasteiger partial charge in [-0.1, -0.05) is 24.3 Å². The van der Waals surface area contributed by atoms with Crippen LogP contribution >= 0.6 is 0 Å². The number of nitrogens with zero attached hydrogens (tertiary/aromatic N) is 2. The lowest BCUT2D eigenvalue weighted by atomic mass is 10.1. The molecule has 0 aliphatic heterocycles. The highest BCUT2D eigenvalue weighted by atomic mass is 16.4. The van der Waals surface area contributed by atoms with Crippen molar-refractivity contribution in [2.24, 2.45) is 5.84 Å². The first-order valence-electron chi connectivity index (χ1n) is 6.27. The number of anilines is 2. The van der Waals surface area contributed by atoms with Gasteiger partial charge in [-0.05, 0) is 12.3 Å². The van der Waals surface area contributed by atoms with E-state index in [1.165, 1.54) is 12.5 Å². The molecule has 3 rings (SSSR count). The summed E-state index contributed by atoms with van der Waals surface area (Å²) in [6.45, 7) is 1.78. The Balaban J connectivity index is 2.02. The number of rotatable bonds is 3. The first kappa shape index (κ1) is 13.1. The number of pyridine rings is 1. The van der Waals surface area contributed by atoms with Gasteiger partial charge in [-0.25, -0.2) is 10.8 Å². The van der Waals surface area contributed by atoms with E-state index < -0.39 is 0 Å². The lowest BCUT2D eigenvalue weighted by molar-refractivity contribution is 0.102. The standard InChI is InChI=1S/C14H13N5O2/c1-8-7-21-14(17-8)18-13(20)11-6-16-12(19-15)10-5-3-2-4-9(10)11/h2-7H,15H2,1H3,(H,16,19)(H,17,18,20). The molecule has 7 heteroatoms. The van der Waals surface area contributed by atoms with Crippen molar-refractivity contribution in [1.29, 1.82) is 0 Å². The van der Waals surface area contributed by atoms with Gasteiger partial charge in [0, 0.05) is 11.6 Å². The normalized spacial score (nSPS) is 10.6. The summed E-state index contributed by atoms with van der Waals surface area (Å²) in [7, 11) is 0. The number of oxazole rings is 1. The highest BCUT2D eigenvalue weighted by Gasteiger charge is 2.15. The largest absolute Gasteiger partial charge is 0.432 e. The van der Waals surface area contributed by atoms with Crippen molar-refractivity contribution >= 4 is 28.5 Å². The van der Waals surface area contributed by atoms with Crippen LogP contribution in [0, 0.1) is 6.92 Å². The Morgan fingerprint density at radius 1 is 1.29 bits per heavy atom. The summed E-state index contributed by atoms with van der Waals surface area (Å²) in [5.74, 6) is 5.60. The van der Waals surface area contributed by atoms with Crippen LogP contribution in [-0.4, -0.2) is 15.9 Å². The maximum Gasteiger partial charge on any atom is 0.301 e. The molecule has 21 heavy (non-hydrogen) atoms. The van der Waals surface area contributed by atoms with Crippen LogP contribution in [0.4, 0.5) is 11.8 Å². The van der Waals surface area contributed by atoms with Gasteiger partial charge < -0.3 is 9.84 Å². The first-order chi connectivity index (χ1) is 10.2. The summed E-state index contributed by atoms with van der Waals surface area (Å²) in [5, 5.41) is 4.10. The topological polar surface area (TPSA) is 106 Å². The zero-order valence-corrected chi connectivity index (χ0v) is 11.3. The summed E-state index contributed by atoms with van der Waals surface area (Å²) in [6, 6.07) is 7.51. The lowest BCUT2D eigenvalue weighted by Crippen LogP contribution is -2.15. The number of aryl methyl sites for hydroxylation is 1. The molecule has 0 bridgehead atoms. The van der Waals surface area contributed by atoms with Crippen LogP contribution in [0.5, 0.6) is 0 Å². The van der Waals surface area contributed by atoms with Gasteiger partial charge in [0.15, 0.2) is 0 Å². The Bertz CT molecular complexity index is 812. The number of amides is 1. The molecule has 2 aromatic heterocycles. The third-order valence-electron chi connectivity index (χ3n) is 3.02. The SMILES string of the molecule is Cc1coc(NC(=O)c2cnc(NN)c3ccccc23)n1. The van der Waals surface area contributed by atoms with Crippen molar-refractivity contribution in [3.63, 3.8) is 0 Å². The highest BCUT2D eigenvalue weighted by molar-refractivity contribution is 6.13. The number of hydrazine groups is 1. The minimum absolute atomic E-state index is 0.155. The van der Waals surface area contributed by atoms with Crippen LogP contribution in [0.15, 0.2) is 41.1 Å². The number of benzene rings is 1. The van der Waals surface area contributed by atoms with Crippen molar-refractivity contribution < 1.29 is 9.21 Å². The number of fused-ring (bicyclic) bond motifs is 1.